The lowest BCUT2D eigenvalue weighted by molar-refractivity contribution is -0.139. The van der Waals surface area contributed by atoms with Gasteiger partial charge in [0.2, 0.25) is 0 Å². The van der Waals surface area contributed by atoms with Crippen LogP contribution in [0.1, 0.15) is 23.2 Å². The molecule has 0 amide bonds. The lowest BCUT2D eigenvalue weighted by Gasteiger charge is -2.15. The maximum absolute atomic E-state index is 12.8. The van der Waals surface area contributed by atoms with Gasteiger partial charge < -0.3 is 15.2 Å². The Morgan fingerprint density at radius 3 is 2.61 bits per heavy atom. The molecular formula is C11H14F2N2O3. The second-order valence-electron chi connectivity index (χ2n) is 3.43. The number of esters is 1. The molecule has 100 valence electrons. The van der Waals surface area contributed by atoms with Crippen LogP contribution in [0.5, 0.6) is 5.75 Å². The molecule has 1 rings (SSSR count). The quantitative estimate of drug-likeness (QED) is 0.805. The zero-order chi connectivity index (χ0) is 13.7. The Kier molecular flexibility index (Phi) is 4.96. The average molecular weight is 260 g/mol. The van der Waals surface area contributed by atoms with Crippen molar-refractivity contribution >= 4 is 5.97 Å². The number of carbonyl (C=O) groups is 1. The van der Waals surface area contributed by atoms with Crippen molar-refractivity contribution < 1.29 is 23.0 Å². The van der Waals surface area contributed by atoms with Crippen LogP contribution in [0.15, 0.2) is 6.20 Å². The standard InChI is InChI=1S/C11H14F2N2O3/c1-17-9(16)3-6-8(4-14)15-5-7(11(12)13)10(6)18-2/h5,11H,3-4,14H2,1-2H3. The van der Waals surface area contributed by atoms with E-state index in [1.54, 1.807) is 0 Å². The van der Waals surface area contributed by atoms with Gasteiger partial charge >= 0.3 is 5.97 Å². The second kappa shape index (κ2) is 6.25. The van der Waals surface area contributed by atoms with Gasteiger partial charge in [-0.2, -0.15) is 0 Å². The Morgan fingerprint density at radius 2 is 2.17 bits per heavy atom. The van der Waals surface area contributed by atoms with Crippen LogP contribution in [0, 0.1) is 0 Å². The predicted molar refractivity (Wildman–Crippen MR) is 59.4 cm³/mol. The highest BCUT2D eigenvalue weighted by atomic mass is 19.3. The van der Waals surface area contributed by atoms with Crippen molar-refractivity contribution in [1.82, 2.24) is 4.98 Å². The van der Waals surface area contributed by atoms with Crippen molar-refractivity contribution in [1.29, 1.82) is 0 Å². The summed E-state index contributed by atoms with van der Waals surface area (Å²) in [6.07, 6.45) is -1.94. The van der Waals surface area contributed by atoms with Gasteiger partial charge in [-0.25, -0.2) is 8.78 Å². The van der Waals surface area contributed by atoms with E-state index in [2.05, 4.69) is 9.72 Å². The molecule has 0 spiro atoms. The summed E-state index contributed by atoms with van der Waals surface area (Å²) in [4.78, 5) is 15.1. The van der Waals surface area contributed by atoms with Gasteiger partial charge in [0.1, 0.15) is 5.75 Å². The van der Waals surface area contributed by atoms with Gasteiger partial charge in [-0.15, -0.1) is 0 Å². The first-order valence-corrected chi connectivity index (χ1v) is 5.14. The third-order valence-electron chi connectivity index (χ3n) is 2.43. The zero-order valence-corrected chi connectivity index (χ0v) is 10.1. The Morgan fingerprint density at radius 1 is 1.50 bits per heavy atom. The fourth-order valence-electron chi connectivity index (χ4n) is 1.56. The highest BCUT2D eigenvalue weighted by molar-refractivity contribution is 5.74. The van der Waals surface area contributed by atoms with Gasteiger partial charge in [-0.1, -0.05) is 0 Å². The highest BCUT2D eigenvalue weighted by Crippen LogP contribution is 2.33. The van der Waals surface area contributed by atoms with Crippen LogP contribution in [-0.4, -0.2) is 25.2 Å². The summed E-state index contributed by atoms with van der Waals surface area (Å²) in [7, 11) is 2.46. The Balaban J connectivity index is 3.32. The number of hydrogen-bond donors (Lipinski definition) is 1. The van der Waals surface area contributed by atoms with E-state index in [0.717, 1.165) is 6.20 Å². The minimum Gasteiger partial charge on any atom is -0.496 e. The number of nitrogens with two attached hydrogens (primary N) is 1. The number of pyridine rings is 1. The Bertz CT molecular complexity index is 439. The lowest BCUT2D eigenvalue weighted by atomic mass is 10.1. The first-order chi connectivity index (χ1) is 8.54. The highest BCUT2D eigenvalue weighted by Gasteiger charge is 2.22. The minimum absolute atomic E-state index is 0.0200. The van der Waals surface area contributed by atoms with Crippen molar-refractivity contribution in [3.63, 3.8) is 0 Å². The fourth-order valence-corrected chi connectivity index (χ4v) is 1.56. The van der Waals surface area contributed by atoms with Crippen molar-refractivity contribution in [2.75, 3.05) is 14.2 Å². The van der Waals surface area contributed by atoms with Crippen molar-refractivity contribution in [2.45, 2.75) is 19.4 Å². The van der Waals surface area contributed by atoms with Crippen molar-refractivity contribution in [2.24, 2.45) is 5.73 Å². The molecular weight excluding hydrogens is 246 g/mol. The number of methoxy groups -OCH3 is 2. The van der Waals surface area contributed by atoms with Crippen LogP contribution in [0.3, 0.4) is 0 Å². The number of aromatic nitrogens is 1. The molecule has 0 bridgehead atoms. The molecule has 1 aromatic rings. The molecule has 0 aromatic carbocycles. The molecule has 18 heavy (non-hydrogen) atoms. The van der Waals surface area contributed by atoms with E-state index in [1.165, 1.54) is 14.2 Å². The van der Waals surface area contributed by atoms with Gasteiger partial charge in [0, 0.05) is 18.3 Å². The molecule has 0 saturated carbocycles. The lowest BCUT2D eigenvalue weighted by Crippen LogP contribution is -2.13. The number of hydrogen-bond acceptors (Lipinski definition) is 5. The summed E-state index contributed by atoms with van der Waals surface area (Å²) in [6, 6.07) is 0. The molecule has 0 fully saturated rings. The molecule has 2 N–H and O–H groups in total. The molecule has 0 aliphatic heterocycles. The number of alkyl halides is 2. The number of rotatable bonds is 5. The molecule has 0 saturated heterocycles. The molecule has 5 nitrogen and oxygen atoms in total. The third kappa shape index (κ3) is 2.92. The zero-order valence-electron chi connectivity index (χ0n) is 10.1. The van der Waals surface area contributed by atoms with Gasteiger partial charge in [-0.05, 0) is 0 Å². The molecule has 0 aliphatic rings. The van der Waals surface area contributed by atoms with Gasteiger partial charge in [0.05, 0.1) is 31.9 Å². The molecule has 7 heteroatoms. The fraction of sp³-hybridized carbons (Fsp3) is 0.455. The first-order valence-electron chi connectivity index (χ1n) is 5.14. The summed E-state index contributed by atoms with van der Waals surface area (Å²) in [5.74, 6) is -0.637. The summed E-state index contributed by atoms with van der Waals surface area (Å²) >= 11 is 0. The Labute approximate surface area is 103 Å². The monoisotopic (exact) mass is 260 g/mol. The van der Waals surface area contributed by atoms with E-state index in [0.29, 0.717) is 5.69 Å². The molecule has 0 unspecified atom stereocenters. The van der Waals surface area contributed by atoms with Gasteiger partial charge in [0.25, 0.3) is 6.43 Å². The van der Waals surface area contributed by atoms with E-state index in [1.807, 2.05) is 0 Å². The third-order valence-corrected chi connectivity index (χ3v) is 2.43. The van der Waals surface area contributed by atoms with E-state index >= 15 is 0 Å². The largest absolute Gasteiger partial charge is 0.496 e. The number of carbonyl (C=O) groups excluding carboxylic acids is 1. The average Bonchev–Trinajstić information content (AvgIpc) is 2.37. The molecule has 0 radical (unpaired) electrons. The van der Waals surface area contributed by atoms with Crippen LogP contribution in [0.4, 0.5) is 8.78 Å². The Hall–Kier alpha value is -1.76. The van der Waals surface area contributed by atoms with Crippen LogP contribution in [-0.2, 0) is 22.5 Å². The second-order valence-corrected chi connectivity index (χ2v) is 3.43. The van der Waals surface area contributed by atoms with E-state index in [4.69, 9.17) is 10.5 Å². The van der Waals surface area contributed by atoms with Crippen LogP contribution in [0.2, 0.25) is 0 Å². The maximum atomic E-state index is 12.8. The number of halogens is 2. The van der Waals surface area contributed by atoms with Gasteiger partial charge in [0.15, 0.2) is 0 Å². The maximum Gasteiger partial charge on any atom is 0.310 e. The van der Waals surface area contributed by atoms with Crippen molar-refractivity contribution in [3.05, 3.63) is 23.0 Å². The molecule has 1 heterocycles. The first kappa shape index (κ1) is 14.3. The van der Waals surface area contributed by atoms with Crippen LogP contribution >= 0.6 is 0 Å². The molecule has 0 aliphatic carbocycles. The minimum atomic E-state index is -2.74. The normalized spacial score (nSPS) is 10.6. The predicted octanol–water partition coefficient (Wildman–Crippen LogP) is 1.20. The van der Waals surface area contributed by atoms with Crippen LogP contribution in [0.25, 0.3) is 0 Å². The van der Waals surface area contributed by atoms with E-state index < -0.39 is 12.4 Å². The number of nitrogens with zero attached hydrogens (tertiary/aromatic N) is 1. The SMILES string of the molecule is COC(=O)Cc1c(CN)ncc(C(F)F)c1OC. The van der Waals surface area contributed by atoms with Gasteiger partial charge in [-0.3, -0.25) is 9.78 Å². The van der Waals surface area contributed by atoms with Crippen molar-refractivity contribution in [3.8, 4) is 5.75 Å². The summed E-state index contributed by atoms with van der Waals surface area (Å²) in [6.45, 7) is 0.0200. The summed E-state index contributed by atoms with van der Waals surface area (Å²) in [5.41, 5.74) is 5.67. The van der Waals surface area contributed by atoms with E-state index in [9.17, 15) is 13.6 Å². The summed E-state index contributed by atoms with van der Waals surface area (Å²) < 4.78 is 35.0. The molecule has 0 atom stereocenters. The smallest absolute Gasteiger partial charge is 0.310 e. The van der Waals surface area contributed by atoms with E-state index in [-0.39, 0.29) is 29.8 Å². The van der Waals surface area contributed by atoms with Crippen LogP contribution < -0.4 is 10.5 Å². The number of ether oxygens (including phenoxy) is 2. The summed E-state index contributed by atoms with van der Waals surface area (Å²) in [5, 5.41) is 0. The topological polar surface area (TPSA) is 74.4 Å². The molecule has 1 aromatic heterocycles.